The van der Waals surface area contributed by atoms with E-state index in [0.717, 1.165) is 15.8 Å². The number of nitro groups is 1. The van der Waals surface area contributed by atoms with Gasteiger partial charge < -0.3 is 0 Å². The van der Waals surface area contributed by atoms with Crippen molar-refractivity contribution < 1.29 is 4.92 Å². The lowest BCUT2D eigenvalue weighted by Crippen LogP contribution is -1.96. The fourth-order valence-electron chi connectivity index (χ4n) is 1.73. The van der Waals surface area contributed by atoms with Gasteiger partial charge >= 0.3 is 0 Å². The molecule has 0 aliphatic rings. The van der Waals surface area contributed by atoms with E-state index in [1.165, 1.54) is 23.7 Å². The molecule has 0 bridgehead atoms. The van der Waals surface area contributed by atoms with Crippen molar-refractivity contribution in [3.05, 3.63) is 46.3 Å². The molecule has 0 radical (unpaired) electrons. The van der Waals surface area contributed by atoms with Crippen LogP contribution in [0.3, 0.4) is 0 Å². The Morgan fingerprint density at radius 3 is 2.89 bits per heavy atom. The van der Waals surface area contributed by atoms with Crippen molar-refractivity contribution in [2.24, 2.45) is 0 Å². The zero-order valence-corrected chi connectivity index (χ0v) is 10.2. The molecule has 3 rings (SSSR count). The van der Waals surface area contributed by atoms with E-state index in [1.807, 2.05) is 13.0 Å². The van der Waals surface area contributed by atoms with Gasteiger partial charge in [-0.15, -0.1) is 0 Å². The molecule has 3 aromatic rings. The molecule has 2 heterocycles. The number of hydrogen-bond acceptors (Lipinski definition) is 5. The van der Waals surface area contributed by atoms with Crippen molar-refractivity contribution in [1.82, 2.24) is 14.2 Å². The number of aryl methyl sites for hydroxylation is 1. The number of hydrogen-bond donors (Lipinski definition) is 0. The van der Waals surface area contributed by atoms with E-state index < -0.39 is 4.92 Å². The number of benzene rings is 1. The fraction of sp³-hybridized carbons (Fsp3) is 0.0909. The van der Waals surface area contributed by atoms with Gasteiger partial charge in [-0.25, -0.2) is 4.68 Å². The van der Waals surface area contributed by atoms with Crippen LogP contribution >= 0.6 is 11.5 Å². The number of nitro benzene ring substituents is 1. The van der Waals surface area contributed by atoms with Gasteiger partial charge in [0.2, 0.25) is 0 Å². The van der Waals surface area contributed by atoms with Crippen LogP contribution in [0, 0.1) is 17.0 Å². The van der Waals surface area contributed by atoms with E-state index >= 15 is 0 Å². The highest BCUT2D eigenvalue weighted by atomic mass is 32.1. The average Bonchev–Trinajstić information content (AvgIpc) is 2.93. The molecule has 1 aromatic carbocycles. The van der Waals surface area contributed by atoms with E-state index in [-0.39, 0.29) is 5.69 Å². The first-order chi connectivity index (χ1) is 8.65. The van der Waals surface area contributed by atoms with E-state index in [2.05, 4.69) is 9.47 Å². The molecule has 2 aromatic heterocycles. The summed E-state index contributed by atoms with van der Waals surface area (Å²) in [5.41, 5.74) is 0.939. The Hall–Kier alpha value is -2.28. The summed E-state index contributed by atoms with van der Waals surface area (Å²) in [6.45, 7) is 1.88. The molecule has 0 saturated heterocycles. The molecule has 0 aliphatic carbocycles. The third-order valence-electron chi connectivity index (χ3n) is 2.58. The Kier molecular flexibility index (Phi) is 2.34. The summed E-state index contributed by atoms with van der Waals surface area (Å²) in [6, 6.07) is 6.59. The molecule has 6 nitrogen and oxygen atoms in total. The Morgan fingerprint density at radius 1 is 1.39 bits per heavy atom. The first kappa shape index (κ1) is 10.8. The second-order valence-corrected chi connectivity index (χ2v) is 4.65. The van der Waals surface area contributed by atoms with Crippen LogP contribution in [0.15, 0.2) is 30.5 Å². The second-order valence-electron chi connectivity index (χ2n) is 3.85. The average molecular weight is 260 g/mol. The van der Waals surface area contributed by atoms with Crippen LogP contribution in [-0.2, 0) is 0 Å². The summed E-state index contributed by atoms with van der Waals surface area (Å²) in [5, 5.41) is 15.8. The Labute approximate surface area is 106 Å². The van der Waals surface area contributed by atoms with Crippen LogP contribution in [0.2, 0.25) is 0 Å². The van der Waals surface area contributed by atoms with Gasteiger partial charge in [0.05, 0.1) is 15.3 Å². The summed E-state index contributed by atoms with van der Waals surface area (Å²) in [4.78, 5) is 10.4. The third kappa shape index (κ3) is 1.65. The Bertz CT molecular complexity index is 746. The number of rotatable bonds is 2. The molecular weight excluding hydrogens is 252 g/mol. The topological polar surface area (TPSA) is 73.8 Å². The molecule has 0 aliphatic heterocycles. The zero-order valence-electron chi connectivity index (χ0n) is 9.40. The SMILES string of the molecule is Cc1ccn(-c2nsc3ccc([N+](=O)[O-])cc23)n1. The lowest BCUT2D eigenvalue weighted by molar-refractivity contribution is -0.384. The fourth-order valence-corrected chi connectivity index (χ4v) is 2.47. The molecule has 0 spiro atoms. The number of aromatic nitrogens is 3. The minimum absolute atomic E-state index is 0.0628. The van der Waals surface area contributed by atoms with Crippen LogP contribution in [0.1, 0.15) is 5.69 Å². The number of nitrogens with zero attached hydrogens (tertiary/aromatic N) is 4. The zero-order chi connectivity index (χ0) is 12.7. The third-order valence-corrected chi connectivity index (χ3v) is 3.40. The highest BCUT2D eigenvalue weighted by Crippen LogP contribution is 2.28. The molecule has 0 amide bonds. The minimum atomic E-state index is -0.408. The van der Waals surface area contributed by atoms with E-state index in [1.54, 1.807) is 16.9 Å². The predicted molar refractivity (Wildman–Crippen MR) is 68.1 cm³/mol. The second kappa shape index (κ2) is 3.88. The van der Waals surface area contributed by atoms with Crippen LogP contribution in [0.25, 0.3) is 15.9 Å². The standard InChI is InChI=1S/C11H8N4O2S/c1-7-4-5-14(12-7)11-9-6-8(15(16)17)2-3-10(9)18-13-11/h2-6H,1H3. The van der Waals surface area contributed by atoms with Gasteiger partial charge in [0, 0.05) is 23.7 Å². The molecule has 90 valence electrons. The quantitative estimate of drug-likeness (QED) is 0.524. The normalized spacial score (nSPS) is 10.9. The Balaban J connectivity index is 2.23. The molecule has 0 N–H and O–H groups in total. The largest absolute Gasteiger partial charge is 0.270 e. The molecule has 0 unspecified atom stereocenters. The van der Waals surface area contributed by atoms with Crippen molar-refractivity contribution >= 4 is 27.3 Å². The highest BCUT2D eigenvalue weighted by molar-refractivity contribution is 7.13. The smallest absolute Gasteiger partial charge is 0.258 e. The van der Waals surface area contributed by atoms with E-state index in [4.69, 9.17) is 0 Å². The number of non-ortho nitro benzene ring substituents is 1. The van der Waals surface area contributed by atoms with Gasteiger partial charge in [-0.05, 0) is 30.6 Å². The van der Waals surface area contributed by atoms with Crippen LogP contribution in [0.4, 0.5) is 5.69 Å². The lowest BCUT2D eigenvalue weighted by Gasteiger charge is -1.97. The maximum absolute atomic E-state index is 10.8. The predicted octanol–water partition coefficient (Wildman–Crippen LogP) is 2.70. The minimum Gasteiger partial charge on any atom is -0.258 e. The van der Waals surface area contributed by atoms with Gasteiger partial charge in [0.1, 0.15) is 0 Å². The van der Waals surface area contributed by atoms with Gasteiger partial charge in [0.15, 0.2) is 5.82 Å². The maximum atomic E-state index is 10.8. The summed E-state index contributed by atoms with van der Waals surface area (Å²) in [5.74, 6) is 0.631. The molecule has 0 fully saturated rings. The summed E-state index contributed by atoms with van der Waals surface area (Å²) in [6.07, 6.45) is 1.79. The van der Waals surface area contributed by atoms with Crippen molar-refractivity contribution in [2.75, 3.05) is 0 Å². The molecule has 0 atom stereocenters. The van der Waals surface area contributed by atoms with Crippen LogP contribution in [0.5, 0.6) is 0 Å². The van der Waals surface area contributed by atoms with Crippen LogP contribution < -0.4 is 0 Å². The molecule has 7 heteroatoms. The van der Waals surface area contributed by atoms with Crippen molar-refractivity contribution in [1.29, 1.82) is 0 Å². The molecule has 18 heavy (non-hydrogen) atoms. The first-order valence-electron chi connectivity index (χ1n) is 5.21. The van der Waals surface area contributed by atoms with Crippen LogP contribution in [-0.4, -0.2) is 19.1 Å². The highest BCUT2D eigenvalue weighted by Gasteiger charge is 2.13. The van der Waals surface area contributed by atoms with Crippen molar-refractivity contribution in [3.8, 4) is 5.82 Å². The first-order valence-corrected chi connectivity index (χ1v) is 5.99. The summed E-state index contributed by atoms with van der Waals surface area (Å²) in [7, 11) is 0. The van der Waals surface area contributed by atoms with Gasteiger partial charge in [-0.3, -0.25) is 10.1 Å². The van der Waals surface area contributed by atoms with E-state index in [9.17, 15) is 10.1 Å². The summed E-state index contributed by atoms with van der Waals surface area (Å²) < 4.78 is 6.84. The monoisotopic (exact) mass is 260 g/mol. The van der Waals surface area contributed by atoms with E-state index in [0.29, 0.717) is 5.82 Å². The van der Waals surface area contributed by atoms with Gasteiger partial charge in [0.25, 0.3) is 5.69 Å². The molecular formula is C11H8N4O2S. The van der Waals surface area contributed by atoms with Crippen molar-refractivity contribution in [2.45, 2.75) is 6.92 Å². The Morgan fingerprint density at radius 2 is 2.22 bits per heavy atom. The maximum Gasteiger partial charge on any atom is 0.270 e. The van der Waals surface area contributed by atoms with Crippen molar-refractivity contribution in [3.63, 3.8) is 0 Å². The van der Waals surface area contributed by atoms with Gasteiger partial charge in [-0.2, -0.15) is 9.47 Å². The lowest BCUT2D eigenvalue weighted by atomic mass is 10.2. The number of fused-ring (bicyclic) bond motifs is 1. The summed E-state index contributed by atoms with van der Waals surface area (Å²) >= 11 is 1.31. The van der Waals surface area contributed by atoms with Gasteiger partial charge in [-0.1, -0.05) is 0 Å². The molecule has 0 saturated carbocycles.